The van der Waals surface area contributed by atoms with Crippen molar-refractivity contribution in [3.63, 3.8) is 0 Å². The molecule has 2 saturated carbocycles. The van der Waals surface area contributed by atoms with Crippen LogP contribution in [0.25, 0.3) is 21.3 Å². The third-order valence-electron chi connectivity index (χ3n) is 5.57. The number of ether oxygens (including phenoxy) is 1. The smallest absolute Gasteiger partial charge is 0.229 e. The molecule has 0 saturated heterocycles. The average Bonchev–Trinajstić information content (AvgIpc) is 3.40. The normalized spacial score (nSPS) is 21.2. The number of carbonyl (C=O) groups excluding carboxylic acids is 1. The highest BCUT2D eigenvalue weighted by molar-refractivity contribution is 7.22. The van der Waals surface area contributed by atoms with Crippen LogP contribution in [-0.2, 0) is 16.1 Å². The third kappa shape index (κ3) is 3.88. The van der Waals surface area contributed by atoms with E-state index in [1.165, 1.54) is 11.3 Å². The number of nitrogens with one attached hydrogen (secondary N) is 1. The second kappa shape index (κ2) is 7.90. The van der Waals surface area contributed by atoms with E-state index < -0.39 is 6.10 Å². The van der Waals surface area contributed by atoms with Crippen molar-refractivity contribution in [1.82, 2.24) is 15.0 Å². The zero-order chi connectivity index (χ0) is 20.7. The minimum Gasteiger partial charge on any atom is -0.506 e. The van der Waals surface area contributed by atoms with Gasteiger partial charge in [0.2, 0.25) is 5.91 Å². The van der Waals surface area contributed by atoms with Gasteiger partial charge in [0, 0.05) is 29.4 Å². The van der Waals surface area contributed by atoms with Crippen LogP contribution >= 0.6 is 11.3 Å². The summed E-state index contributed by atoms with van der Waals surface area (Å²) in [4.78, 5) is 25.0. The minimum absolute atomic E-state index is 0.00917. The van der Waals surface area contributed by atoms with Gasteiger partial charge in [-0.15, -0.1) is 0 Å². The van der Waals surface area contributed by atoms with Gasteiger partial charge in [0.25, 0.3) is 0 Å². The number of nitrogens with zero attached hydrogens (tertiary/aromatic N) is 3. The first-order valence-electron chi connectivity index (χ1n) is 10.1. The molecule has 3 N–H and O–H groups in total. The molecule has 2 fully saturated rings. The lowest BCUT2D eigenvalue weighted by Crippen LogP contribution is -2.22. The number of hydrogen-bond donors (Lipinski definition) is 3. The Morgan fingerprint density at radius 2 is 2.00 bits per heavy atom. The van der Waals surface area contributed by atoms with E-state index >= 15 is 0 Å². The van der Waals surface area contributed by atoms with E-state index in [1.54, 1.807) is 18.5 Å². The van der Waals surface area contributed by atoms with Crippen LogP contribution in [0, 0.1) is 5.92 Å². The number of fused-ring (bicyclic) bond motifs is 1. The Kier molecular flexibility index (Phi) is 5.10. The zero-order valence-corrected chi connectivity index (χ0v) is 17.1. The van der Waals surface area contributed by atoms with Crippen molar-refractivity contribution in [2.24, 2.45) is 5.92 Å². The van der Waals surface area contributed by atoms with Crippen LogP contribution in [0.2, 0.25) is 0 Å². The number of benzene rings is 1. The molecular weight excluding hydrogens is 404 g/mol. The van der Waals surface area contributed by atoms with Crippen molar-refractivity contribution in [2.45, 2.75) is 50.9 Å². The topological polar surface area (TPSA) is 117 Å². The number of thiazole rings is 1. The molecule has 0 aliphatic heterocycles. The number of aromatic hydroxyl groups is 1. The number of aliphatic hydroxyl groups excluding tert-OH is 1. The second-order valence-corrected chi connectivity index (χ2v) is 8.83. The predicted octanol–water partition coefficient (Wildman–Crippen LogP) is 3.24. The van der Waals surface area contributed by atoms with Gasteiger partial charge < -0.3 is 20.3 Å². The summed E-state index contributed by atoms with van der Waals surface area (Å²) in [6, 6.07) is 3.58. The quantitative estimate of drug-likeness (QED) is 0.554. The SMILES string of the molecule is O=C(Nc1nc2ccc(-c3cnc(CO[C@H]4CCC[C@@H]4O)nc3)c(O)c2s1)C1CC1. The molecule has 0 spiro atoms. The number of carbonyl (C=O) groups is 1. The Balaban J connectivity index is 1.32. The number of amides is 1. The van der Waals surface area contributed by atoms with Crippen LogP contribution in [-0.4, -0.2) is 43.3 Å². The highest BCUT2D eigenvalue weighted by Crippen LogP contribution is 2.40. The Labute approximate surface area is 177 Å². The van der Waals surface area contributed by atoms with Gasteiger partial charge in [0.1, 0.15) is 12.4 Å². The molecule has 2 aliphatic rings. The molecule has 8 nitrogen and oxygen atoms in total. The van der Waals surface area contributed by atoms with Gasteiger partial charge in [0.15, 0.2) is 11.0 Å². The monoisotopic (exact) mass is 426 g/mol. The summed E-state index contributed by atoms with van der Waals surface area (Å²) in [6.07, 6.45) is 7.18. The summed E-state index contributed by atoms with van der Waals surface area (Å²) in [5.74, 6) is 0.711. The van der Waals surface area contributed by atoms with Crippen molar-refractivity contribution in [1.29, 1.82) is 0 Å². The average molecular weight is 426 g/mol. The molecule has 2 aliphatic carbocycles. The standard InChI is InChI=1S/C21H22N4O4S/c26-15-2-1-3-16(15)29-10-17-22-8-12(9-23-17)13-6-7-14-19(18(13)27)30-21(24-14)25-20(28)11-4-5-11/h6-9,11,15-16,26-27H,1-5,10H2,(H,24,25,28)/t15-,16-/m0/s1. The fourth-order valence-corrected chi connectivity index (χ4v) is 4.58. The molecule has 9 heteroatoms. The van der Waals surface area contributed by atoms with E-state index in [2.05, 4.69) is 20.3 Å². The lowest BCUT2D eigenvalue weighted by molar-refractivity contribution is -0.117. The first-order valence-corrected chi connectivity index (χ1v) is 10.9. The van der Waals surface area contributed by atoms with Crippen LogP contribution in [0.4, 0.5) is 5.13 Å². The summed E-state index contributed by atoms with van der Waals surface area (Å²) in [5, 5.41) is 23.9. The summed E-state index contributed by atoms with van der Waals surface area (Å²) in [5.41, 5.74) is 1.91. The maximum absolute atomic E-state index is 12.0. The van der Waals surface area contributed by atoms with Crippen LogP contribution < -0.4 is 5.32 Å². The lowest BCUT2D eigenvalue weighted by atomic mass is 10.1. The molecule has 30 heavy (non-hydrogen) atoms. The summed E-state index contributed by atoms with van der Waals surface area (Å²) in [6.45, 7) is 0.242. The molecule has 156 valence electrons. The summed E-state index contributed by atoms with van der Waals surface area (Å²) in [7, 11) is 0. The number of phenolic OH excluding ortho intramolecular Hbond substituents is 1. The number of rotatable bonds is 6. The Morgan fingerprint density at radius 1 is 1.20 bits per heavy atom. The van der Waals surface area contributed by atoms with Crippen molar-refractivity contribution in [2.75, 3.05) is 5.32 Å². The van der Waals surface area contributed by atoms with E-state index in [9.17, 15) is 15.0 Å². The molecular formula is C21H22N4O4S. The minimum atomic E-state index is -0.411. The summed E-state index contributed by atoms with van der Waals surface area (Å²) < 4.78 is 6.33. The maximum Gasteiger partial charge on any atom is 0.229 e. The fraction of sp³-hybridized carbons (Fsp3) is 0.429. The van der Waals surface area contributed by atoms with Crippen LogP contribution in [0.3, 0.4) is 0 Å². The molecule has 2 atom stereocenters. The van der Waals surface area contributed by atoms with Crippen molar-refractivity contribution < 1.29 is 19.7 Å². The molecule has 1 amide bonds. The molecule has 2 heterocycles. The van der Waals surface area contributed by atoms with Gasteiger partial charge in [0.05, 0.1) is 22.4 Å². The number of aliphatic hydroxyl groups is 1. The van der Waals surface area contributed by atoms with E-state index in [1.807, 2.05) is 6.07 Å². The lowest BCUT2D eigenvalue weighted by Gasteiger charge is -2.14. The van der Waals surface area contributed by atoms with E-state index in [0.717, 1.165) is 32.1 Å². The van der Waals surface area contributed by atoms with Gasteiger partial charge in [-0.2, -0.15) is 0 Å². The molecule has 1 aromatic carbocycles. The zero-order valence-electron chi connectivity index (χ0n) is 16.2. The van der Waals surface area contributed by atoms with Crippen LogP contribution in [0.1, 0.15) is 37.9 Å². The predicted molar refractivity (Wildman–Crippen MR) is 112 cm³/mol. The molecule has 3 aromatic rings. The van der Waals surface area contributed by atoms with Gasteiger partial charge in [-0.05, 0) is 44.2 Å². The Morgan fingerprint density at radius 3 is 2.70 bits per heavy atom. The molecule has 5 rings (SSSR count). The maximum atomic E-state index is 12.0. The van der Waals surface area contributed by atoms with E-state index in [0.29, 0.717) is 32.3 Å². The first-order chi connectivity index (χ1) is 14.6. The van der Waals surface area contributed by atoms with Crippen LogP contribution in [0.5, 0.6) is 5.75 Å². The van der Waals surface area contributed by atoms with Gasteiger partial charge >= 0.3 is 0 Å². The number of hydrogen-bond acceptors (Lipinski definition) is 8. The van der Waals surface area contributed by atoms with Crippen molar-refractivity contribution in [3.8, 4) is 16.9 Å². The Hall–Kier alpha value is -2.62. The van der Waals surface area contributed by atoms with Crippen molar-refractivity contribution >= 4 is 32.6 Å². The fourth-order valence-electron chi connectivity index (χ4n) is 3.67. The summed E-state index contributed by atoms with van der Waals surface area (Å²) >= 11 is 1.25. The van der Waals surface area contributed by atoms with E-state index in [-0.39, 0.29) is 30.3 Å². The molecule has 0 unspecified atom stereocenters. The third-order valence-corrected chi connectivity index (χ3v) is 6.56. The molecule has 2 aromatic heterocycles. The molecule has 0 bridgehead atoms. The van der Waals surface area contributed by atoms with Gasteiger partial charge in [-0.3, -0.25) is 4.79 Å². The van der Waals surface area contributed by atoms with Crippen LogP contribution in [0.15, 0.2) is 24.5 Å². The van der Waals surface area contributed by atoms with Gasteiger partial charge in [-0.25, -0.2) is 15.0 Å². The highest BCUT2D eigenvalue weighted by Gasteiger charge is 2.30. The largest absolute Gasteiger partial charge is 0.506 e. The number of aromatic nitrogens is 3. The molecule has 0 radical (unpaired) electrons. The van der Waals surface area contributed by atoms with Gasteiger partial charge in [-0.1, -0.05) is 11.3 Å². The number of anilines is 1. The van der Waals surface area contributed by atoms with E-state index in [4.69, 9.17) is 4.74 Å². The second-order valence-electron chi connectivity index (χ2n) is 7.83. The van der Waals surface area contributed by atoms with Crippen molar-refractivity contribution in [3.05, 3.63) is 30.4 Å². The highest BCUT2D eigenvalue weighted by atomic mass is 32.1. The first kappa shape index (κ1) is 19.3. The Bertz CT molecular complexity index is 1080. The number of phenols is 1.